The van der Waals surface area contributed by atoms with Crippen LogP contribution in [0.2, 0.25) is 5.25 Å². The normalized spacial score (nSPS) is 11.6. The predicted molar refractivity (Wildman–Crippen MR) is 78.7 cm³/mol. The quantitative estimate of drug-likeness (QED) is 0.339. The number of unbranched alkanes of at least 4 members (excludes halogenated alkanes) is 10. The molecule has 0 bridgehead atoms. The summed E-state index contributed by atoms with van der Waals surface area (Å²) in [4.78, 5) is 0. The zero-order valence-corrected chi connectivity index (χ0v) is 15.1. The third-order valence-corrected chi connectivity index (χ3v) is 7.51. The molecule has 0 unspecified atom stereocenters. The van der Waals surface area contributed by atoms with E-state index < -0.39 is 0 Å². The second-order valence-corrected chi connectivity index (χ2v) is 11.0. The predicted octanol–water partition coefficient (Wildman–Crippen LogP) is 5.19. The first kappa shape index (κ1) is 16.0. The standard InChI is InChI=1S/C13H29BrGe/c1-2-3-4-5-6-7-8-9-10-11-12-13-15-14/h2-13,15H2,1H3. The first-order chi connectivity index (χ1) is 7.41. The molecule has 0 aliphatic rings. The molecule has 15 heavy (non-hydrogen) atoms. The van der Waals surface area contributed by atoms with Gasteiger partial charge in [-0.3, -0.25) is 0 Å². The van der Waals surface area contributed by atoms with E-state index in [0.29, 0.717) is 0 Å². The van der Waals surface area contributed by atoms with Crippen molar-refractivity contribution >= 4 is 27.6 Å². The van der Waals surface area contributed by atoms with Crippen LogP contribution in [-0.4, -0.2) is 13.6 Å². The van der Waals surface area contributed by atoms with Crippen molar-refractivity contribution in [2.24, 2.45) is 0 Å². The van der Waals surface area contributed by atoms with Gasteiger partial charge < -0.3 is 0 Å². The van der Waals surface area contributed by atoms with Gasteiger partial charge in [-0.2, -0.15) is 0 Å². The van der Waals surface area contributed by atoms with E-state index in [-0.39, 0.29) is 13.6 Å². The molecule has 0 N–H and O–H groups in total. The second kappa shape index (κ2) is 15.0. The molecule has 0 rings (SSSR count). The van der Waals surface area contributed by atoms with Gasteiger partial charge in [0.25, 0.3) is 0 Å². The van der Waals surface area contributed by atoms with Crippen LogP contribution in [0, 0.1) is 0 Å². The first-order valence-corrected chi connectivity index (χ1v) is 16.0. The maximum atomic E-state index is 3.66. The average Bonchev–Trinajstić information content (AvgIpc) is 2.26. The minimum absolute atomic E-state index is 0.185. The van der Waals surface area contributed by atoms with Crippen molar-refractivity contribution in [2.75, 3.05) is 0 Å². The van der Waals surface area contributed by atoms with Gasteiger partial charge in [-0.15, -0.1) is 0 Å². The Morgan fingerprint density at radius 3 is 1.47 bits per heavy atom. The molecule has 92 valence electrons. The van der Waals surface area contributed by atoms with Crippen LogP contribution in [0.15, 0.2) is 0 Å². The zero-order valence-electron chi connectivity index (χ0n) is 10.6. The molecule has 0 saturated carbocycles. The fraction of sp³-hybridized carbons (Fsp3) is 1.00. The Morgan fingerprint density at radius 2 is 1.07 bits per heavy atom. The van der Waals surface area contributed by atoms with Gasteiger partial charge >= 0.3 is 103 Å². The summed E-state index contributed by atoms with van der Waals surface area (Å²) >= 11 is 3.48. The van der Waals surface area contributed by atoms with Gasteiger partial charge in [0.15, 0.2) is 0 Å². The molecule has 0 nitrogen and oxygen atoms in total. The Labute approximate surface area is 110 Å². The number of halogens is 1. The molecule has 0 aromatic carbocycles. The molecular formula is C13H29BrGe. The van der Waals surface area contributed by atoms with Crippen LogP contribution < -0.4 is 0 Å². The maximum absolute atomic E-state index is 3.66. The summed E-state index contributed by atoms with van der Waals surface area (Å²) in [6.45, 7) is 2.29. The van der Waals surface area contributed by atoms with Crippen LogP contribution in [0.1, 0.15) is 77.6 Å². The zero-order chi connectivity index (χ0) is 11.2. The van der Waals surface area contributed by atoms with Gasteiger partial charge in [0, 0.05) is 0 Å². The minimum atomic E-state index is -0.185. The van der Waals surface area contributed by atoms with Gasteiger partial charge in [0.1, 0.15) is 0 Å². The summed E-state index contributed by atoms with van der Waals surface area (Å²) in [6.07, 6.45) is 16.2. The van der Waals surface area contributed by atoms with Crippen LogP contribution in [0.5, 0.6) is 0 Å². The molecule has 2 heteroatoms. The van der Waals surface area contributed by atoms with Gasteiger partial charge in [-0.25, -0.2) is 0 Å². The Kier molecular flexibility index (Phi) is 16.0. The molecule has 0 amide bonds. The van der Waals surface area contributed by atoms with E-state index in [0.717, 1.165) is 0 Å². The van der Waals surface area contributed by atoms with Crippen LogP contribution in [0.4, 0.5) is 0 Å². The van der Waals surface area contributed by atoms with E-state index in [1.165, 1.54) is 70.6 Å². The van der Waals surface area contributed by atoms with Crippen molar-refractivity contribution in [1.29, 1.82) is 0 Å². The summed E-state index contributed by atoms with van der Waals surface area (Å²) < 4.78 is 0. The summed E-state index contributed by atoms with van der Waals surface area (Å²) in [5.41, 5.74) is 0. The molecule has 0 aliphatic heterocycles. The molecule has 0 atom stereocenters. The van der Waals surface area contributed by atoms with Crippen molar-refractivity contribution in [1.82, 2.24) is 0 Å². The molecule has 0 aromatic rings. The average molecular weight is 338 g/mol. The molecule has 0 aromatic heterocycles. The molecule has 0 spiro atoms. The van der Waals surface area contributed by atoms with Gasteiger partial charge in [-0.1, -0.05) is 6.92 Å². The fourth-order valence-electron chi connectivity index (χ4n) is 1.94. The van der Waals surface area contributed by atoms with E-state index in [2.05, 4.69) is 20.9 Å². The third kappa shape index (κ3) is 15.0. The number of hydrogen-bond acceptors (Lipinski definition) is 0. The van der Waals surface area contributed by atoms with Crippen LogP contribution in [-0.2, 0) is 0 Å². The van der Waals surface area contributed by atoms with Crippen LogP contribution >= 0.6 is 14.0 Å². The molecule has 0 aliphatic carbocycles. The molecular weight excluding hydrogens is 309 g/mol. The SMILES string of the molecule is CCCCCCCCCCCC[CH2][GeH2][Br]. The molecule has 0 saturated heterocycles. The second-order valence-electron chi connectivity index (χ2n) is 4.58. The van der Waals surface area contributed by atoms with E-state index >= 15 is 0 Å². The topological polar surface area (TPSA) is 0 Å². The van der Waals surface area contributed by atoms with E-state index in [1.54, 1.807) is 5.25 Å². The van der Waals surface area contributed by atoms with Crippen molar-refractivity contribution in [2.45, 2.75) is 82.8 Å². The first-order valence-electron chi connectivity index (χ1n) is 6.97. The molecule has 0 fully saturated rings. The van der Waals surface area contributed by atoms with E-state index in [9.17, 15) is 0 Å². The van der Waals surface area contributed by atoms with Crippen molar-refractivity contribution < 1.29 is 0 Å². The van der Waals surface area contributed by atoms with Gasteiger partial charge in [0.2, 0.25) is 0 Å². The van der Waals surface area contributed by atoms with Crippen LogP contribution in [0.25, 0.3) is 0 Å². The molecule has 0 heterocycles. The Balaban J connectivity index is 2.81. The van der Waals surface area contributed by atoms with Gasteiger partial charge in [-0.05, 0) is 0 Å². The van der Waals surface area contributed by atoms with Crippen molar-refractivity contribution in [3.8, 4) is 0 Å². The summed E-state index contributed by atoms with van der Waals surface area (Å²) in [6, 6.07) is 0. The van der Waals surface area contributed by atoms with E-state index in [4.69, 9.17) is 0 Å². The van der Waals surface area contributed by atoms with Gasteiger partial charge in [0.05, 0.1) is 0 Å². The Morgan fingerprint density at radius 1 is 0.667 bits per heavy atom. The number of hydrogen-bond donors (Lipinski definition) is 0. The third-order valence-electron chi connectivity index (χ3n) is 2.99. The Hall–Kier alpha value is 1.02. The van der Waals surface area contributed by atoms with Crippen molar-refractivity contribution in [3.05, 3.63) is 0 Å². The Bertz CT molecular complexity index is 94.7. The number of rotatable bonds is 12. The summed E-state index contributed by atoms with van der Waals surface area (Å²) in [5, 5.41) is 1.55. The molecule has 0 radical (unpaired) electrons. The van der Waals surface area contributed by atoms with Crippen LogP contribution in [0.3, 0.4) is 0 Å². The van der Waals surface area contributed by atoms with E-state index in [1.807, 2.05) is 0 Å². The monoisotopic (exact) mass is 338 g/mol. The summed E-state index contributed by atoms with van der Waals surface area (Å²) in [7, 11) is 0. The van der Waals surface area contributed by atoms with Crippen molar-refractivity contribution in [3.63, 3.8) is 0 Å². The summed E-state index contributed by atoms with van der Waals surface area (Å²) in [5.74, 6) is 0. The fourth-order valence-corrected chi connectivity index (χ4v) is 5.13.